The first-order valence-electron chi connectivity index (χ1n) is 5.68. The molecular weight excluding hydrogens is 250 g/mol. The topological polar surface area (TPSA) is 40.6 Å². The van der Waals surface area contributed by atoms with E-state index in [0.29, 0.717) is 13.2 Å². The molecule has 2 aromatic rings. The zero-order valence-electron chi connectivity index (χ0n) is 9.96. The van der Waals surface area contributed by atoms with Crippen LogP contribution in [0.5, 0.6) is 11.5 Å². The van der Waals surface area contributed by atoms with Crippen LogP contribution >= 0.6 is 11.3 Å². The van der Waals surface area contributed by atoms with Crippen LogP contribution < -0.4 is 9.47 Å². The number of thiazole rings is 1. The van der Waals surface area contributed by atoms with Gasteiger partial charge < -0.3 is 14.2 Å². The lowest BCUT2D eigenvalue weighted by molar-refractivity contribution is 0.0906. The van der Waals surface area contributed by atoms with E-state index in [1.54, 1.807) is 18.4 Å². The molecule has 1 aromatic heterocycles. The smallest absolute Gasteiger partial charge is 0.184 e. The first-order chi connectivity index (χ1) is 8.86. The lowest BCUT2D eigenvalue weighted by Gasteiger charge is -2.24. The van der Waals surface area contributed by atoms with Gasteiger partial charge in [0.15, 0.2) is 17.6 Å². The highest BCUT2D eigenvalue weighted by atomic mass is 32.1. The molecule has 18 heavy (non-hydrogen) atoms. The number of rotatable bonds is 3. The maximum Gasteiger partial charge on any atom is 0.184 e. The summed E-state index contributed by atoms with van der Waals surface area (Å²) in [6.07, 6.45) is -0.129. The molecule has 0 fully saturated rings. The van der Waals surface area contributed by atoms with E-state index >= 15 is 0 Å². The van der Waals surface area contributed by atoms with Gasteiger partial charge in [-0.3, -0.25) is 0 Å². The Morgan fingerprint density at radius 1 is 1.39 bits per heavy atom. The number of methoxy groups -OCH3 is 1. The van der Waals surface area contributed by atoms with Gasteiger partial charge in [-0.2, -0.15) is 0 Å². The number of ether oxygens (including phenoxy) is 3. The molecule has 0 amide bonds. The van der Waals surface area contributed by atoms with Gasteiger partial charge >= 0.3 is 0 Å². The predicted molar refractivity (Wildman–Crippen MR) is 68.1 cm³/mol. The molecule has 1 unspecified atom stereocenters. The first-order valence-corrected chi connectivity index (χ1v) is 6.56. The van der Waals surface area contributed by atoms with Gasteiger partial charge in [-0.15, -0.1) is 11.3 Å². The van der Waals surface area contributed by atoms with Crippen LogP contribution in [0.3, 0.4) is 0 Å². The zero-order chi connectivity index (χ0) is 12.4. The molecule has 0 radical (unpaired) electrons. The molecule has 5 heteroatoms. The fourth-order valence-corrected chi connectivity index (χ4v) is 2.64. The Morgan fingerprint density at radius 3 is 3.06 bits per heavy atom. The summed E-state index contributed by atoms with van der Waals surface area (Å²) in [6.45, 7) is 1.03. The maximum atomic E-state index is 5.89. The van der Waals surface area contributed by atoms with E-state index in [1.165, 1.54) is 0 Å². The Labute approximate surface area is 109 Å². The van der Waals surface area contributed by atoms with Gasteiger partial charge in [0, 0.05) is 12.5 Å². The van der Waals surface area contributed by atoms with Crippen molar-refractivity contribution in [1.29, 1.82) is 0 Å². The van der Waals surface area contributed by atoms with Crippen molar-refractivity contribution < 1.29 is 14.2 Å². The van der Waals surface area contributed by atoms with E-state index in [-0.39, 0.29) is 6.10 Å². The number of benzene rings is 1. The molecule has 0 spiro atoms. The molecular formula is C13H13NO3S. The maximum absolute atomic E-state index is 5.89. The summed E-state index contributed by atoms with van der Waals surface area (Å²) in [7, 11) is 1.66. The highest BCUT2D eigenvalue weighted by Crippen LogP contribution is 2.36. The Hall–Kier alpha value is -1.59. The number of para-hydroxylation sites is 2. The minimum absolute atomic E-state index is 0.129. The third kappa shape index (κ3) is 2.19. The Bertz CT molecular complexity index is 541. The molecule has 1 aliphatic rings. The van der Waals surface area contributed by atoms with Gasteiger partial charge in [0.05, 0.1) is 12.3 Å². The number of fused-ring (bicyclic) bond motifs is 1. The lowest BCUT2D eigenvalue weighted by atomic mass is 10.2. The summed E-state index contributed by atoms with van der Waals surface area (Å²) in [6, 6.07) is 7.68. The number of hydrogen-bond donors (Lipinski definition) is 0. The fourth-order valence-electron chi connectivity index (χ4n) is 1.83. The molecule has 1 aromatic carbocycles. The van der Waals surface area contributed by atoms with E-state index in [1.807, 2.05) is 29.6 Å². The van der Waals surface area contributed by atoms with Gasteiger partial charge in [-0.1, -0.05) is 12.1 Å². The highest BCUT2D eigenvalue weighted by molar-refractivity contribution is 7.09. The Balaban J connectivity index is 1.78. The van der Waals surface area contributed by atoms with Gasteiger partial charge in [0.2, 0.25) is 0 Å². The quantitative estimate of drug-likeness (QED) is 0.853. The predicted octanol–water partition coefficient (Wildman–Crippen LogP) is 2.80. The summed E-state index contributed by atoms with van der Waals surface area (Å²) in [5.41, 5.74) is 0.931. The van der Waals surface area contributed by atoms with Crippen molar-refractivity contribution in [3.8, 4) is 11.5 Å². The van der Waals surface area contributed by atoms with Crippen molar-refractivity contribution in [2.45, 2.75) is 12.7 Å². The molecule has 0 bridgehead atoms. The molecule has 1 atom stereocenters. The third-order valence-corrected chi connectivity index (χ3v) is 3.63. The fraction of sp³-hybridized carbons (Fsp3) is 0.308. The summed E-state index contributed by atoms with van der Waals surface area (Å²) in [4.78, 5) is 4.49. The Morgan fingerprint density at radius 2 is 2.22 bits per heavy atom. The van der Waals surface area contributed by atoms with Crippen LogP contribution in [0.15, 0.2) is 29.6 Å². The summed E-state index contributed by atoms with van der Waals surface area (Å²) in [5.74, 6) is 1.57. The van der Waals surface area contributed by atoms with Crippen molar-refractivity contribution >= 4 is 11.3 Å². The number of nitrogens with zero attached hydrogens (tertiary/aromatic N) is 1. The van der Waals surface area contributed by atoms with E-state index in [9.17, 15) is 0 Å². The molecule has 3 rings (SSSR count). The molecule has 0 N–H and O–H groups in total. The van der Waals surface area contributed by atoms with Crippen LogP contribution in [0.2, 0.25) is 0 Å². The summed E-state index contributed by atoms with van der Waals surface area (Å²) >= 11 is 1.57. The lowest BCUT2D eigenvalue weighted by Crippen LogP contribution is -2.21. The van der Waals surface area contributed by atoms with Gasteiger partial charge in [0.1, 0.15) is 11.6 Å². The van der Waals surface area contributed by atoms with E-state index in [2.05, 4.69) is 4.98 Å². The normalized spacial score (nSPS) is 17.7. The molecule has 4 nitrogen and oxygen atoms in total. The van der Waals surface area contributed by atoms with Gasteiger partial charge in [0.25, 0.3) is 0 Å². The number of aromatic nitrogens is 1. The summed E-state index contributed by atoms with van der Waals surface area (Å²) in [5, 5.41) is 2.92. The standard InChI is InChI=1S/C13H13NO3S/c1-15-6-9-8-18-13(14-9)12-7-16-10-4-2-3-5-11(10)17-12/h2-5,8,12H,6-7H2,1H3. The molecule has 1 aliphatic heterocycles. The van der Waals surface area contributed by atoms with Crippen molar-refractivity contribution in [3.63, 3.8) is 0 Å². The van der Waals surface area contributed by atoms with Gasteiger partial charge in [-0.25, -0.2) is 4.98 Å². The average molecular weight is 263 g/mol. The van der Waals surface area contributed by atoms with Crippen LogP contribution in [0.25, 0.3) is 0 Å². The summed E-state index contributed by atoms with van der Waals surface area (Å²) < 4.78 is 16.6. The largest absolute Gasteiger partial charge is 0.485 e. The zero-order valence-corrected chi connectivity index (χ0v) is 10.8. The molecule has 0 saturated carbocycles. The van der Waals surface area contributed by atoms with Crippen molar-refractivity contribution in [1.82, 2.24) is 4.98 Å². The second-order valence-corrected chi connectivity index (χ2v) is 4.86. The van der Waals surface area contributed by atoms with Crippen molar-refractivity contribution in [2.24, 2.45) is 0 Å². The first kappa shape index (κ1) is 11.5. The molecule has 2 heterocycles. The van der Waals surface area contributed by atoms with Crippen LogP contribution in [0.4, 0.5) is 0 Å². The minimum Gasteiger partial charge on any atom is -0.485 e. The van der Waals surface area contributed by atoms with Gasteiger partial charge in [-0.05, 0) is 12.1 Å². The average Bonchev–Trinajstić information content (AvgIpc) is 2.87. The number of hydrogen-bond acceptors (Lipinski definition) is 5. The molecule has 94 valence electrons. The molecule has 0 saturated heterocycles. The van der Waals surface area contributed by atoms with Crippen LogP contribution in [0, 0.1) is 0 Å². The monoisotopic (exact) mass is 263 g/mol. The van der Waals surface area contributed by atoms with Crippen molar-refractivity contribution in [3.05, 3.63) is 40.3 Å². The Kier molecular flexibility index (Phi) is 3.17. The van der Waals surface area contributed by atoms with Crippen LogP contribution in [0.1, 0.15) is 16.8 Å². The van der Waals surface area contributed by atoms with E-state index < -0.39 is 0 Å². The van der Waals surface area contributed by atoms with E-state index in [4.69, 9.17) is 14.2 Å². The van der Waals surface area contributed by atoms with Crippen molar-refractivity contribution in [2.75, 3.05) is 13.7 Å². The molecule has 0 aliphatic carbocycles. The SMILES string of the molecule is COCc1csc(C2COc3ccccc3O2)n1. The second kappa shape index (κ2) is 4.96. The third-order valence-electron chi connectivity index (χ3n) is 2.65. The van der Waals surface area contributed by atoms with E-state index in [0.717, 1.165) is 22.2 Å². The van der Waals surface area contributed by atoms with Crippen LogP contribution in [-0.2, 0) is 11.3 Å². The van der Waals surface area contributed by atoms with Crippen LogP contribution in [-0.4, -0.2) is 18.7 Å². The minimum atomic E-state index is -0.129. The second-order valence-electron chi connectivity index (χ2n) is 3.97. The highest BCUT2D eigenvalue weighted by Gasteiger charge is 2.24.